The lowest BCUT2D eigenvalue weighted by Gasteiger charge is -2.14. The van der Waals surface area contributed by atoms with Gasteiger partial charge in [0.2, 0.25) is 11.8 Å². The molecule has 0 radical (unpaired) electrons. The summed E-state index contributed by atoms with van der Waals surface area (Å²) in [7, 11) is 0. The fourth-order valence-electron chi connectivity index (χ4n) is 2.48. The van der Waals surface area contributed by atoms with Gasteiger partial charge in [0.25, 0.3) is 0 Å². The average Bonchev–Trinajstić information content (AvgIpc) is 2.98. The molecule has 0 spiro atoms. The minimum absolute atomic E-state index is 0.000710. The zero-order valence-corrected chi connectivity index (χ0v) is 12.7. The van der Waals surface area contributed by atoms with Gasteiger partial charge in [-0.15, -0.1) is 0 Å². The zero-order valence-electron chi connectivity index (χ0n) is 12.7. The third-order valence-electron chi connectivity index (χ3n) is 3.71. The minimum atomic E-state index is -0.234. The van der Waals surface area contributed by atoms with E-state index in [1.54, 1.807) is 11.0 Å². The fraction of sp³-hybridized carbons (Fsp3) is 0.412. The lowest BCUT2D eigenvalue weighted by molar-refractivity contribution is -0.131. The molecule has 1 aliphatic rings. The third-order valence-corrected chi connectivity index (χ3v) is 3.71. The number of nitrogens with zero attached hydrogens (tertiary/aromatic N) is 1. The van der Waals surface area contributed by atoms with Crippen LogP contribution in [0, 0.1) is 13.8 Å². The molecule has 1 fully saturated rings. The predicted molar refractivity (Wildman–Crippen MR) is 83.8 cm³/mol. The SMILES string of the molecule is Cc1ccc(/C=C/C(=O)NCC(=O)N2CCCC2)c(C)c1. The van der Waals surface area contributed by atoms with E-state index in [1.165, 1.54) is 11.6 Å². The lowest BCUT2D eigenvalue weighted by atomic mass is 10.1. The zero-order chi connectivity index (χ0) is 15.2. The van der Waals surface area contributed by atoms with E-state index in [9.17, 15) is 9.59 Å². The molecule has 1 aromatic carbocycles. The van der Waals surface area contributed by atoms with E-state index in [-0.39, 0.29) is 18.4 Å². The molecular weight excluding hydrogens is 264 g/mol. The number of hydrogen-bond acceptors (Lipinski definition) is 2. The molecule has 112 valence electrons. The number of carbonyl (C=O) groups is 2. The first-order valence-corrected chi connectivity index (χ1v) is 7.37. The number of amides is 2. The molecular formula is C17H22N2O2. The van der Waals surface area contributed by atoms with Crippen molar-refractivity contribution in [2.24, 2.45) is 0 Å². The quantitative estimate of drug-likeness (QED) is 0.861. The Hall–Kier alpha value is -2.10. The van der Waals surface area contributed by atoms with Crippen molar-refractivity contribution in [3.63, 3.8) is 0 Å². The summed E-state index contributed by atoms with van der Waals surface area (Å²) in [5, 5.41) is 2.64. The van der Waals surface area contributed by atoms with Crippen molar-refractivity contribution in [1.82, 2.24) is 10.2 Å². The van der Waals surface area contributed by atoms with Crippen molar-refractivity contribution in [2.45, 2.75) is 26.7 Å². The molecule has 1 saturated heterocycles. The van der Waals surface area contributed by atoms with Crippen molar-refractivity contribution in [3.05, 3.63) is 41.0 Å². The standard InChI is InChI=1S/C17H22N2O2/c1-13-5-6-15(14(2)11-13)7-8-16(20)18-12-17(21)19-9-3-4-10-19/h5-8,11H,3-4,9-10,12H2,1-2H3,(H,18,20)/b8-7+. The molecule has 0 saturated carbocycles. The number of likely N-dealkylation sites (tertiary alicyclic amines) is 1. The van der Waals surface area contributed by atoms with Crippen molar-refractivity contribution in [1.29, 1.82) is 0 Å². The highest BCUT2D eigenvalue weighted by Crippen LogP contribution is 2.12. The molecule has 21 heavy (non-hydrogen) atoms. The van der Waals surface area contributed by atoms with Crippen molar-refractivity contribution < 1.29 is 9.59 Å². The highest BCUT2D eigenvalue weighted by molar-refractivity contribution is 5.94. The van der Waals surface area contributed by atoms with E-state index in [2.05, 4.69) is 11.4 Å². The second kappa shape index (κ2) is 7.07. The van der Waals surface area contributed by atoms with E-state index in [0.29, 0.717) is 0 Å². The average molecular weight is 286 g/mol. The predicted octanol–water partition coefficient (Wildman–Crippen LogP) is 2.06. The van der Waals surface area contributed by atoms with Crippen LogP contribution >= 0.6 is 0 Å². The Morgan fingerprint density at radius 1 is 1.24 bits per heavy atom. The van der Waals surface area contributed by atoms with Crippen LogP contribution in [0.5, 0.6) is 0 Å². The van der Waals surface area contributed by atoms with Gasteiger partial charge in [-0.1, -0.05) is 23.8 Å². The molecule has 1 heterocycles. The number of carbonyl (C=O) groups excluding carboxylic acids is 2. The first-order chi connectivity index (χ1) is 10.1. The Kier molecular flexibility index (Phi) is 5.14. The van der Waals surface area contributed by atoms with E-state index in [1.807, 2.05) is 26.0 Å². The van der Waals surface area contributed by atoms with Crippen LogP contribution in [0.15, 0.2) is 24.3 Å². The fourth-order valence-corrected chi connectivity index (χ4v) is 2.48. The van der Waals surface area contributed by atoms with Crippen LogP contribution in [-0.2, 0) is 9.59 Å². The molecule has 0 aromatic heterocycles. The van der Waals surface area contributed by atoms with Gasteiger partial charge >= 0.3 is 0 Å². The van der Waals surface area contributed by atoms with Crippen molar-refractivity contribution in [3.8, 4) is 0 Å². The first kappa shape index (κ1) is 15.3. The Morgan fingerprint density at radius 3 is 2.62 bits per heavy atom. The Bertz CT molecular complexity index is 558. The summed E-state index contributed by atoms with van der Waals surface area (Å²) in [5.74, 6) is -0.233. The number of benzene rings is 1. The van der Waals surface area contributed by atoms with Gasteiger partial charge in [0.15, 0.2) is 0 Å². The summed E-state index contributed by atoms with van der Waals surface area (Å²) < 4.78 is 0. The van der Waals surface area contributed by atoms with Gasteiger partial charge in [0.1, 0.15) is 0 Å². The summed E-state index contributed by atoms with van der Waals surface area (Å²) in [5.41, 5.74) is 3.35. The topological polar surface area (TPSA) is 49.4 Å². The summed E-state index contributed by atoms with van der Waals surface area (Å²) in [4.78, 5) is 25.3. The van der Waals surface area contributed by atoms with Gasteiger partial charge in [-0.2, -0.15) is 0 Å². The summed E-state index contributed by atoms with van der Waals surface area (Å²) in [6.07, 6.45) is 5.39. The summed E-state index contributed by atoms with van der Waals surface area (Å²) in [6, 6.07) is 6.08. The highest BCUT2D eigenvalue weighted by atomic mass is 16.2. The molecule has 0 atom stereocenters. The smallest absolute Gasteiger partial charge is 0.244 e. The summed E-state index contributed by atoms with van der Waals surface area (Å²) in [6.45, 7) is 5.76. The molecule has 1 aliphatic heterocycles. The van der Waals surface area contributed by atoms with Crippen molar-refractivity contribution >= 4 is 17.9 Å². The van der Waals surface area contributed by atoms with Crippen LogP contribution in [0.3, 0.4) is 0 Å². The third kappa shape index (κ3) is 4.45. The lowest BCUT2D eigenvalue weighted by Crippen LogP contribution is -2.38. The number of rotatable bonds is 4. The van der Waals surface area contributed by atoms with E-state index in [4.69, 9.17) is 0 Å². The maximum absolute atomic E-state index is 11.8. The molecule has 0 bridgehead atoms. The van der Waals surface area contributed by atoms with Crippen LogP contribution in [0.1, 0.15) is 29.5 Å². The Balaban J connectivity index is 1.83. The van der Waals surface area contributed by atoms with Gasteiger partial charge < -0.3 is 10.2 Å². The van der Waals surface area contributed by atoms with Crippen LogP contribution in [-0.4, -0.2) is 36.3 Å². The second-order valence-corrected chi connectivity index (χ2v) is 5.50. The van der Waals surface area contributed by atoms with Crippen molar-refractivity contribution in [2.75, 3.05) is 19.6 Å². The summed E-state index contributed by atoms with van der Waals surface area (Å²) >= 11 is 0. The number of nitrogens with one attached hydrogen (secondary N) is 1. The largest absolute Gasteiger partial charge is 0.343 e. The van der Waals surface area contributed by atoms with Gasteiger partial charge in [0, 0.05) is 19.2 Å². The first-order valence-electron chi connectivity index (χ1n) is 7.37. The molecule has 0 aliphatic carbocycles. The molecule has 1 N–H and O–H groups in total. The number of hydrogen-bond donors (Lipinski definition) is 1. The van der Waals surface area contributed by atoms with E-state index < -0.39 is 0 Å². The van der Waals surface area contributed by atoms with Crippen LogP contribution in [0.2, 0.25) is 0 Å². The molecule has 2 amide bonds. The molecule has 4 nitrogen and oxygen atoms in total. The molecule has 0 unspecified atom stereocenters. The monoisotopic (exact) mass is 286 g/mol. The van der Waals surface area contributed by atoms with Gasteiger partial charge in [-0.25, -0.2) is 0 Å². The van der Waals surface area contributed by atoms with Crippen LogP contribution < -0.4 is 5.32 Å². The molecule has 4 heteroatoms. The molecule has 2 rings (SSSR count). The van der Waals surface area contributed by atoms with Crippen LogP contribution in [0.4, 0.5) is 0 Å². The van der Waals surface area contributed by atoms with E-state index >= 15 is 0 Å². The maximum Gasteiger partial charge on any atom is 0.244 e. The maximum atomic E-state index is 11.8. The normalized spacial score (nSPS) is 14.7. The van der Waals surface area contributed by atoms with Crippen LogP contribution in [0.25, 0.3) is 6.08 Å². The molecule has 1 aromatic rings. The van der Waals surface area contributed by atoms with Gasteiger partial charge in [0.05, 0.1) is 6.54 Å². The number of aryl methyl sites for hydroxylation is 2. The second-order valence-electron chi connectivity index (χ2n) is 5.50. The van der Waals surface area contributed by atoms with E-state index in [0.717, 1.165) is 37.1 Å². The Labute approximate surface area is 125 Å². The van der Waals surface area contributed by atoms with Gasteiger partial charge in [-0.3, -0.25) is 9.59 Å². The van der Waals surface area contributed by atoms with Gasteiger partial charge in [-0.05, 0) is 43.9 Å². The highest BCUT2D eigenvalue weighted by Gasteiger charge is 2.17. The minimum Gasteiger partial charge on any atom is -0.343 e. The Morgan fingerprint density at radius 2 is 1.95 bits per heavy atom.